The molecule has 2 N–H and O–H groups in total. The van der Waals surface area contributed by atoms with Gasteiger partial charge in [-0.05, 0) is 31.0 Å². The van der Waals surface area contributed by atoms with Crippen molar-refractivity contribution in [3.63, 3.8) is 0 Å². The van der Waals surface area contributed by atoms with E-state index in [-0.39, 0.29) is 5.91 Å². The van der Waals surface area contributed by atoms with Crippen molar-refractivity contribution >= 4 is 5.91 Å². The molecule has 0 radical (unpaired) electrons. The highest BCUT2D eigenvalue weighted by Gasteiger charge is 2.28. The van der Waals surface area contributed by atoms with E-state index >= 15 is 0 Å². The first-order valence-electron chi connectivity index (χ1n) is 6.08. The summed E-state index contributed by atoms with van der Waals surface area (Å²) in [5.41, 5.74) is 6.18. The fourth-order valence-corrected chi connectivity index (χ4v) is 1.70. The molecule has 0 aromatic heterocycles. The van der Waals surface area contributed by atoms with Crippen molar-refractivity contribution < 1.29 is 9.53 Å². The molecule has 4 nitrogen and oxygen atoms in total. The summed E-state index contributed by atoms with van der Waals surface area (Å²) in [6.07, 6.45) is 0.619. The molecular formula is C14H22N2O2. The molecule has 1 unspecified atom stereocenters. The quantitative estimate of drug-likeness (QED) is 0.866. The van der Waals surface area contributed by atoms with Gasteiger partial charge in [0.15, 0.2) is 0 Å². The van der Waals surface area contributed by atoms with E-state index in [1.807, 2.05) is 31.2 Å². The smallest absolute Gasteiger partial charge is 0.242 e. The number of amides is 1. The number of methoxy groups -OCH3 is 1. The van der Waals surface area contributed by atoms with Crippen LogP contribution in [0.5, 0.6) is 5.75 Å². The summed E-state index contributed by atoms with van der Waals surface area (Å²) in [5, 5.41) is 0. The molecule has 0 heterocycles. The van der Waals surface area contributed by atoms with Crippen LogP contribution in [0.3, 0.4) is 0 Å². The van der Waals surface area contributed by atoms with E-state index in [0.717, 1.165) is 11.3 Å². The molecule has 0 fully saturated rings. The van der Waals surface area contributed by atoms with Gasteiger partial charge in [0.05, 0.1) is 12.6 Å². The SMILES string of the molecule is CCC(C)(N)C(=O)N(C)Cc1cccc(OC)c1. The Balaban J connectivity index is 2.75. The lowest BCUT2D eigenvalue weighted by Gasteiger charge is -2.28. The van der Waals surface area contributed by atoms with Crippen molar-refractivity contribution in [2.75, 3.05) is 14.2 Å². The van der Waals surface area contributed by atoms with Gasteiger partial charge < -0.3 is 15.4 Å². The van der Waals surface area contributed by atoms with E-state index in [2.05, 4.69) is 0 Å². The Kier molecular flexibility index (Phi) is 4.73. The minimum absolute atomic E-state index is 0.0483. The molecule has 1 rings (SSSR count). The summed E-state index contributed by atoms with van der Waals surface area (Å²) in [7, 11) is 3.39. The molecule has 1 atom stereocenters. The molecule has 0 spiro atoms. The first-order chi connectivity index (χ1) is 8.40. The predicted octanol–water partition coefficient (Wildman–Crippen LogP) is 1.78. The Morgan fingerprint density at radius 3 is 2.72 bits per heavy atom. The lowest BCUT2D eigenvalue weighted by molar-refractivity contribution is -0.135. The zero-order valence-electron chi connectivity index (χ0n) is 11.6. The molecule has 1 aromatic carbocycles. The molecule has 1 amide bonds. The van der Waals surface area contributed by atoms with Gasteiger partial charge in [0.1, 0.15) is 5.75 Å². The second-order valence-corrected chi connectivity index (χ2v) is 4.78. The molecule has 0 aliphatic carbocycles. The van der Waals surface area contributed by atoms with Gasteiger partial charge in [-0.1, -0.05) is 19.1 Å². The average Bonchev–Trinajstić information content (AvgIpc) is 2.37. The molecule has 0 saturated carbocycles. The Morgan fingerprint density at radius 1 is 1.50 bits per heavy atom. The summed E-state index contributed by atoms with van der Waals surface area (Å²) < 4.78 is 5.16. The monoisotopic (exact) mass is 250 g/mol. The van der Waals surface area contributed by atoms with Crippen LogP contribution in [0.15, 0.2) is 24.3 Å². The largest absolute Gasteiger partial charge is 0.497 e. The lowest BCUT2D eigenvalue weighted by Crippen LogP contribution is -2.51. The Labute approximate surface area is 109 Å². The van der Waals surface area contributed by atoms with E-state index in [1.165, 1.54) is 0 Å². The highest BCUT2D eigenvalue weighted by atomic mass is 16.5. The molecule has 0 saturated heterocycles. The van der Waals surface area contributed by atoms with E-state index in [9.17, 15) is 4.79 Å². The van der Waals surface area contributed by atoms with E-state index in [0.29, 0.717) is 13.0 Å². The molecule has 100 valence electrons. The van der Waals surface area contributed by atoms with Crippen molar-refractivity contribution in [2.45, 2.75) is 32.4 Å². The van der Waals surface area contributed by atoms with Crippen molar-refractivity contribution in [1.82, 2.24) is 4.90 Å². The predicted molar refractivity (Wildman–Crippen MR) is 72.4 cm³/mol. The van der Waals surface area contributed by atoms with Crippen LogP contribution in [0.2, 0.25) is 0 Å². The summed E-state index contributed by atoms with van der Waals surface area (Å²) >= 11 is 0. The highest BCUT2D eigenvalue weighted by molar-refractivity contribution is 5.85. The number of likely N-dealkylation sites (N-methyl/N-ethyl adjacent to an activating group) is 1. The maximum absolute atomic E-state index is 12.1. The lowest BCUT2D eigenvalue weighted by atomic mass is 9.98. The number of rotatable bonds is 5. The van der Waals surface area contributed by atoms with Crippen LogP contribution < -0.4 is 10.5 Å². The fraction of sp³-hybridized carbons (Fsp3) is 0.500. The van der Waals surface area contributed by atoms with Gasteiger partial charge >= 0.3 is 0 Å². The van der Waals surface area contributed by atoms with Gasteiger partial charge in [-0.15, -0.1) is 0 Å². The molecule has 0 aliphatic rings. The van der Waals surface area contributed by atoms with Gasteiger partial charge in [-0.25, -0.2) is 0 Å². The summed E-state index contributed by atoms with van der Waals surface area (Å²) in [6, 6.07) is 7.67. The average molecular weight is 250 g/mol. The van der Waals surface area contributed by atoms with Gasteiger partial charge in [0.2, 0.25) is 5.91 Å². The van der Waals surface area contributed by atoms with E-state index in [4.69, 9.17) is 10.5 Å². The molecule has 18 heavy (non-hydrogen) atoms. The van der Waals surface area contributed by atoms with Crippen LogP contribution in [0.1, 0.15) is 25.8 Å². The maximum atomic E-state index is 12.1. The highest BCUT2D eigenvalue weighted by Crippen LogP contribution is 2.16. The van der Waals surface area contributed by atoms with Crippen LogP contribution in [-0.4, -0.2) is 30.5 Å². The standard InChI is InChI=1S/C14H22N2O2/c1-5-14(2,15)13(17)16(3)10-11-7-6-8-12(9-11)18-4/h6-9H,5,10,15H2,1-4H3. The van der Waals surface area contributed by atoms with Crippen molar-refractivity contribution in [3.8, 4) is 5.75 Å². The summed E-state index contributed by atoms with van der Waals surface area (Å²) in [5.74, 6) is 0.743. The van der Waals surface area contributed by atoms with Crippen LogP contribution in [0, 0.1) is 0 Å². The number of hydrogen-bond donors (Lipinski definition) is 1. The van der Waals surface area contributed by atoms with Crippen molar-refractivity contribution in [2.24, 2.45) is 5.73 Å². The first kappa shape index (κ1) is 14.5. The van der Waals surface area contributed by atoms with E-state index in [1.54, 1.807) is 26.0 Å². The third kappa shape index (κ3) is 3.47. The zero-order chi connectivity index (χ0) is 13.8. The number of carbonyl (C=O) groups excluding carboxylic acids is 1. The molecule has 1 aromatic rings. The number of carbonyl (C=O) groups is 1. The van der Waals surface area contributed by atoms with Crippen LogP contribution in [-0.2, 0) is 11.3 Å². The second kappa shape index (κ2) is 5.87. The molecule has 0 aliphatic heterocycles. The third-order valence-corrected chi connectivity index (χ3v) is 3.12. The number of nitrogens with zero attached hydrogens (tertiary/aromatic N) is 1. The topological polar surface area (TPSA) is 55.6 Å². The molecule has 4 heteroatoms. The van der Waals surface area contributed by atoms with Crippen molar-refractivity contribution in [3.05, 3.63) is 29.8 Å². The summed E-state index contributed by atoms with van der Waals surface area (Å²) in [6.45, 7) is 4.21. The van der Waals surface area contributed by atoms with Crippen LogP contribution >= 0.6 is 0 Å². The van der Waals surface area contributed by atoms with Gasteiger partial charge in [-0.2, -0.15) is 0 Å². The minimum atomic E-state index is -0.798. The van der Waals surface area contributed by atoms with E-state index < -0.39 is 5.54 Å². The Hall–Kier alpha value is -1.55. The third-order valence-electron chi connectivity index (χ3n) is 3.12. The maximum Gasteiger partial charge on any atom is 0.242 e. The zero-order valence-corrected chi connectivity index (χ0v) is 11.6. The van der Waals surface area contributed by atoms with Crippen LogP contribution in [0.25, 0.3) is 0 Å². The fourth-order valence-electron chi connectivity index (χ4n) is 1.70. The first-order valence-corrected chi connectivity index (χ1v) is 6.08. The molecule has 0 bridgehead atoms. The van der Waals surface area contributed by atoms with Crippen molar-refractivity contribution in [1.29, 1.82) is 0 Å². The minimum Gasteiger partial charge on any atom is -0.497 e. The number of nitrogens with two attached hydrogens (primary N) is 1. The van der Waals surface area contributed by atoms with Gasteiger partial charge in [0, 0.05) is 13.6 Å². The Bertz CT molecular complexity index is 416. The number of ether oxygens (including phenoxy) is 1. The molecular weight excluding hydrogens is 228 g/mol. The summed E-state index contributed by atoms with van der Waals surface area (Å²) in [4.78, 5) is 13.8. The van der Waals surface area contributed by atoms with Crippen LogP contribution in [0.4, 0.5) is 0 Å². The second-order valence-electron chi connectivity index (χ2n) is 4.78. The van der Waals surface area contributed by atoms with Gasteiger partial charge in [0.25, 0.3) is 0 Å². The van der Waals surface area contributed by atoms with Gasteiger partial charge in [-0.3, -0.25) is 4.79 Å². The normalized spacial score (nSPS) is 13.8. The Morgan fingerprint density at radius 2 is 2.17 bits per heavy atom. The number of benzene rings is 1. The number of hydrogen-bond acceptors (Lipinski definition) is 3.